The van der Waals surface area contributed by atoms with Crippen LogP contribution in [-0.4, -0.2) is 32.5 Å². The third kappa shape index (κ3) is 2.91. The van der Waals surface area contributed by atoms with Crippen LogP contribution in [0.2, 0.25) is 5.02 Å². The van der Waals surface area contributed by atoms with Crippen molar-refractivity contribution in [2.24, 2.45) is 0 Å². The lowest BCUT2D eigenvalue weighted by atomic mass is 9.92. The number of carboxylic acid groups (broad SMARTS) is 1. The molecule has 0 saturated carbocycles. The fourth-order valence-corrected chi connectivity index (χ4v) is 4.00. The first-order valence-electron chi connectivity index (χ1n) is 9.13. The molecular weight excluding hydrogens is 392 g/mol. The second kappa shape index (κ2) is 6.46. The van der Waals surface area contributed by atoms with Crippen LogP contribution >= 0.6 is 11.6 Å². The van der Waals surface area contributed by atoms with Crippen LogP contribution in [0.15, 0.2) is 42.5 Å². The molecule has 0 fully saturated rings. The van der Waals surface area contributed by atoms with Gasteiger partial charge in [0.2, 0.25) is 0 Å². The number of benzene rings is 2. The zero-order chi connectivity index (χ0) is 21.1. The number of hydrogen-bond acceptors (Lipinski definition) is 3. The van der Waals surface area contributed by atoms with Crippen molar-refractivity contribution < 1.29 is 19.5 Å². The van der Waals surface area contributed by atoms with E-state index < -0.39 is 11.5 Å². The number of halogens is 1. The third-order valence-corrected chi connectivity index (χ3v) is 5.61. The van der Waals surface area contributed by atoms with Gasteiger partial charge in [-0.2, -0.15) is 0 Å². The van der Waals surface area contributed by atoms with Crippen LogP contribution in [0, 0.1) is 0 Å². The maximum Gasteiger partial charge on any atom is 0.416 e. The Bertz CT molecular complexity index is 1170. The van der Waals surface area contributed by atoms with Crippen LogP contribution in [0.3, 0.4) is 0 Å². The Kier molecular flexibility index (Phi) is 4.28. The van der Waals surface area contributed by atoms with Crippen molar-refractivity contribution in [3.05, 3.63) is 69.9 Å². The molecule has 7 heteroatoms. The molecule has 0 atom stereocenters. The Morgan fingerprint density at radius 2 is 1.62 bits per heavy atom. The minimum absolute atomic E-state index is 0.0181. The van der Waals surface area contributed by atoms with E-state index in [0.29, 0.717) is 38.3 Å². The summed E-state index contributed by atoms with van der Waals surface area (Å²) in [6, 6.07) is 11.8. The Morgan fingerprint density at radius 3 is 2.14 bits per heavy atom. The molecule has 0 bridgehead atoms. The first kappa shape index (κ1) is 19.2. The van der Waals surface area contributed by atoms with Crippen LogP contribution in [0.1, 0.15) is 52.7 Å². The van der Waals surface area contributed by atoms with Crippen LogP contribution < -0.4 is 0 Å². The minimum atomic E-state index is -1.09. The molecule has 0 unspecified atom stereocenters. The lowest BCUT2D eigenvalue weighted by Crippen LogP contribution is -2.29. The third-order valence-electron chi connectivity index (χ3n) is 5.17. The molecule has 29 heavy (non-hydrogen) atoms. The van der Waals surface area contributed by atoms with Gasteiger partial charge in [-0.05, 0) is 29.8 Å². The van der Waals surface area contributed by atoms with E-state index in [1.807, 2.05) is 20.8 Å². The monoisotopic (exact) mass is 410 g/mol. The minimum Gasteiger partial charge on any atom is -0.464 e. The maximum absolute atomic E-state index is 12.6. The lowest BCUT2D eigenvalue weighted by Gasteiger charge is -2.19. The summed E-state index contributed by atoms with van der Waals surface area (Å²) in [5.74, 6) is -0.722. The van der Waals surface area contributed by atoms with Crippen LogP contribution in [-0.2, 0) is 12.0 Å². The number of aromatic nitrogens is 1. The van der Waals surface area contributed by atoms with Gasteiger partial charge in [-0.25, -0.2) is 9.36 Å². The summed E-state index contributed by atoms with van der Waals surface area (Å²) in [4.78, 5) is 38.3. The average molecular weight is 411 g/mol. The molecule has 3 aromatic rings. The van der Waals surface area contributed by atoms with Crippen LogP contribution in [0.4, 0.5) is 4.79 Å². The van der Waals surface area contributed by atoms with Crippen molar-refractivity contribution in [2.45, 2.75) is 32.7 Å². The summed E-state index contributed by atoms with van der Waals surface area (Å²) in [5.41, 5.74) is 2.00. The Labute approximate surface area is 172 Å². The molecule has 0 aliphatic carbocycles. The van der Waals surface area contributed by atoms with Gasteiger partial charge in [0.1, 0.15) is 0 Å². The van der Waals surface area contributed by atoms with Crippen molar-refractivity contribution in [3.63, 3.8) is 0 Å². The van der Waals surface area contributed by atoms with Crippen molar-refractivity contribution in [1.82, 2.24) is 9.47 Å². The van der Waals surface area contributed by atoms with Crippen molar-refractivity contribution in [2.75, 3.05) is 0 Å². The van der Waals surface area contributed by atoms with E-state index in [2.05, 4.69) is 0 Å². The van der Waals surface area contributed by atoms with Crippen molar-refractivity contribution >= 4 is 40.4 Å². The van der Waals surface area contributed by atoms with Gasteiger partial charge in [0.05, 0.1) is 28.2 Å². The molecule has 2 amide bonds. The van der Waals surface area contributed by atoms with Gasteiger partial charge in [-0.15, -0.1) is 0 Å². The van der Waals surface area contributed by atoms with E-state index in [0.717, 1.165) is 4.90 Å². The first-order chi connectivity index (χ1) is 13.6. The van der Waals surface area contributed by atoms with E-state index in [4.69, 9.17) is 11.6 Å². The first-order valence-corrected chi connectivity index (χ1v) is 9.51. The topological polar surface area (TPSA) is 79.6 Å². The van der Waals surface area contributed by atoms with Crippen LogP contribution in [0.5, 0.6) is 0 Å². The molecule has 1 aromatic heterocycles. The number of imide groups is 1. The average Bonchev–Trinajstić information content (AvgIpc) is 3.17. The summed E-state index contributed by atoms with van der Waals surface area (Å²) >= 11 is 6.61. The molecule has 1 aliphatic heterocycles. The number of fused-ring (bicyclic) bond motifs is 2. The normalized spacial score (nSPS) is 14.0. The predicted octanol–water partition coefficient (Wildman–Crippen LogP) is 4.91. The van der Waals surface area contributed by atoms with Gasteiger partial charge < -0.3 is 5.11 Å². The van der Waals surface area contributed by atoms with E-state index >= 15 is 0 Å². The van der Waals surface area contributed by atoms with Gasteiger partial charge in [-0.3, -0.25) is 14.5 Å². The smallest absolute Gasteiger partial charge is 0.416 e. The van der Waals surface area contributed by atoms with E-state index in [-0.39, 0.29) is 18.4 Å². The van der Waals surface area contributed by atoms with E-state index in [1.165, 1.54) is 4.57 Å². The highest BCUT2D eigenvalue weighted by Gasteiger charge is 2.35. The maximum atomic E-state index is 12.6. The molecule has 0 radical (unpaired) electrons. The predicted molar refractivity (Wildman–Crippen MR) is 110 cm³/mol. The van der Waals surface area contributed by atoms with Gasteiger partial charge in [0, 0.05) is 16.5 Å². The number of carbonyl (C=O) groups is 3. The summed E-state index contributed by atoms with van der Waals surface area (Å²) in [6.45, 7) is 5.79. The molecule has 0 spiro atoms. The standard InChI is InChI=1S/C22H19ClN2O4/c1-22(2,3)17-10-15-16(25(17)21(28)29)9-8-12(18(15)23)11-24-19(26)13-6-4-5-7-14(13)20(24)27/h4-10H,11H2,1-3H3,(H,28,29). The fraction of sp³-hybridized carbons (Fsp3) is 0.227. The largest absolute Gasteiger partial charge is 0.464 e. The SMILES string of the molecule is CC(C)(C)c1cc2c(Cl)c(CN3C(=O)c4ccccc4C3=O)ccc2n1C(=O)O. The molecule has 0 saturated heterocycles. The fourth-order valence-electron chi connectivity index (χ4n) is 3.72. The molecule has 2 heterocycles. The Balaban J connectivity index is 1.79. The summed E-state index contributed by atoms with van der Waals surface area (Å²) < 4.78 is 1.23. The molecule has 6 nitrogen and oxygen atoms in total. The van der Waals surface area contributed by atoms with Crippen LogP contribution in [0.25, 0.3) is 10.9 Å². The summed E-state index contributed by atoms with van der Waals surface area (Å²) in [6.07, 6.45) is -1.09. The molecule has 4 rings (SSSR count). The summed E-state index contributed by atoms with van der Waals surface area (Å²) in [5, 5.41) is 10.6. The molecular formula is C22H19ClN2O4. The highest BCUT2D eigenvalue weighted by molar-refractivity contribution is 6.36. The Hall–Kier alpha value is -3.12. The van der Waals surface area contributed by atoms with E-state index in [1.54, 1.807) is 42.5 Å². The molecule has 2 aromatic carbocycles. The van der Waals surface area contributed by atoms with Gasteiger partial charge in [0.25, 0.3) is 11.8 Å². The van der Waals surface area contributed by atoms with E-state index in [9.17, 15) is 19.5 Å². The van der Waals surface area contributed by atoms with Gasteiger partial charge in [-0.1, -0.05) is 50.6 Å². The Morgan fingerprint density at radius 1 is 1.03 bits per heavy atom. The zero-order valence-corrected chi connectivity index (χ0v) is 16.9. The number of carbonyl (C=O) groups excluding carboxylic acids is 2. The van der Waals surface area contributed by atoms with Crippen molar-refractivity contribution in [3.8, 4) is 0 Å². The van der Waals surface area contributed by atoms with Crippen molar-refractivity contribution in [1.29, 1.82) is 0 Å². The lowest BCUT2D eigenvalue weighted by molar-refractivity contribution is 0.0642. The van der Waals surface area contributed by atoms with Gasteiger partial charge in [0.15, 0.2) is 0 Å². The second-order valence-corrected chi connectivity index (χ2v) is 8.49. The quantitative estimate of drug-likeness (QED) is 0.608. The number of rotatable bonds is 2. The van der Waals surface area contributed by atoms with Gasteiger partial charge >= 0.3 is 6.09 Å². The summed E-state index contributed by atoms with van der Waals surface area (Å²) in [7, 11) is 0. The zero-order valence-electron chi connectivity index (χ0n) is 16.2. The highest BCUT2D eigenvalue weighted by Crippen LogP contribution is 2.36. The molecule has 148 valence electrons. The number of nitrogens with zero attached hydrogens (tertiary/aromatic N) is 2. The highest BCUT2D eigenvalue weighted by atomic mass is 35.5. The number of amides is 2. The number of hydrogen-bond donors (Lipinski definition) is 1. The second-order valence-electron chi connectivity index (χ2n) is 8.11. The molecule has 1 aliphatic rings. The molecule has 1 N–H and O–H groups in total.